The van der Waals surface area contributed by atoms with Crippen molar-refractivity contribution in [2.45, 2.75) is 26.1 Å². The molecule has 2 unspecified atom stereocenters. The van der Waals surface area contributed by atoms with Gasteiger partial charge < -0.3 is 29.7 Å². The SMILES string of the molecule is CCNC(=NCC(C)Oc1cccc(OC)c1)NCC1CN(C)CCO1.I. The third kappa shape index (κ3) is 8.98. The molecule has 1 aliphatic rings. The minimum Gasteiger partial charge on any atom is -0.497 e. The molecule has 0 spiro atoms. The molecule has 0 aliphatic carbocycles. The smallest absolute Gasteiger partial charge is 0.191 e. The van der Waals surface area contributed by atoms with Gasteiger partial charge in [0.05, 0.1) is 26.4 Å². The van der Waals surface area contributed by atoms with Gasteiger partial charge in [-0.2, -0.15) is 0 Å². The lowest BCUT2D eigenvalue weighted by Crippen LogP contribution is -2.48. The summed E-state index contributed by atoms with van der Waals surface area (Å²) in [6.07, 6.45) is 0.137. The van der Waals surface area contributed by atoms with E-state index in [2.05, 4.69) is 34.5 Å². The molecule has 0 radical (unpaired) electrons. The number of aliphatic imine (C=N–C) groups is 1. The van der Waals surface area contributed by atoms with Gasteiger partial charge in [-0.25, -0.2) is 4.99 Å². The lowest BCUT2D eigenvalue weighted by Gasteiger charge is -2.30. The van der Waals surface area contributed by atoms with Crippen LogP contribution in [0.25, 0.3) is 0 Å². The van der Waals surface area contributed by atoms with Crippen molar-refractivity contribution in [3.8, 4) is 11.5 Å². The monoisotopic (exact) mass is 492 g/mol. The number of nitrogens with zero attached hydrogens (tertiary/aromatic N) is 2. The highest BCUT2D eigenvalue weighted by Gasteiger charge is 2.17. The normalized spacial score (nSPS) is 19.0. The summed E-state index contributed by atoms with van der Waals surface area (Å²) in [4.78, 5) is 6.91. The Balaban J connectivity index is 0.00000364. The molecule has 1 aromatic carbocycles. The molecule has 0 bridgehead atoms. The van der Waals surface area contributed by atoms with Crippen LogP contribution in [0.5, 0.6) is 11.5 Å². The van der Waals surface area contributed by atoms with Gasteiger partial charge in [-0.1, -0.05) is 6.07 Å². The van der Waals surface area contributed by atoms with Crippen molar-refractivity contribution in [2.24, 2.45) is 4.99 Å². The van der Waals surface area contributed by atoms with Gasteiger partial charge in [0.25, 0.3) is 0 Å². The molecule has 7 nitrogen and oxygen atoms in total. The number of likely N-dealkylation sites (N-methyl/N-ethyl adjacent to an activating group) is 1. The fourth-order valence-electron chi connectivity index (χ4n) is 2.71. The van der Waals surface area contributed by atoms with Crippen LogP contribution in [0.3, 0.4) is 0 Å². The molecular formula is C19H33IN4O3. The molecule has 8 heteroatoms. The number of methoxy groups -OCH3 is 1. The Labute approximate surface area is 179 Å². The highest BCUT2D eigenvalue weighted by Crippen LogP contribution is 2.19. The van der Waals surface area contributed by atoms with Crippen LogP contribution in [0.2, 0.25) is 0 Å². The molecule has 1 heterocycles. The van der Waals surface area contributed by atoms with Gasteiger partial charge in [0.2, 0.25) is 0 Å². The molecule has 1 fully saturated rings. The van der Waals surface area contributed by atoms with E-state index in [-0.39, 0.29) is 36.2 Å². The summed E-state index contributed by atoms with van der Waals surface area (Å²) in [7, 11) is 3.77. The fourth-order valence-corrected chi connectivity index (χ4v) is 2.71. The predicted molar refractivity (Wildman–Crippen MR) is 120 cm³/mol. The van der Waals surface area contributed by atoms with E-state index in [1.54, 1.807) is 7.11 Å². The quantitative estimate of drug-likeness (QED) is 0.329. The van der Waals surface area contributed by atoms with Gasteiger partial charge in [-0.15, -0.1) is 24.0 Å². The van der Waals surface area contributed by atoms with E-state index in [1.165, 1.54) is 0 Å². The third-order valence-corrected chi connectivity index (χ3v) is 4.07. The van der Waals surface area contributed by atoms with Gasteiger partial charge in [-0.05, 0) is 33.0 Å². The standard InChI is InChI=1S/C19H32N4O3.HI/c1-5-20-19(22-13-18-14-23(3)9-10-25-18)21-12-15(2)26-17-8-6-7-16(11-17)24-4;/h6-8,11,15,18H,5,9-10,12-14H2,1-4H3,(H2,20,21,22);1H. The van der Waals surface area contributed by atoms with Gasteiger partial charge in [0.1, 0.15) is 17.6 Å². The largest absolute Gasteiger partial charge is 0.497 e. The average Bonchev–Trinajstić information content (AvgIpc) is 2.64. The third-order valence-electron chi connectivity index (χ3n) is 4.07. The Morgan fingerprint density at radius 1 is 1.37 bits per heavy atom. The second-order valence-electron chi connectivity index (χ2n) is 6.46. The van der Waals surface area contributed by atoms with Gasteiger partial charge in [0.15, 0.2) is 5.96 Å². The summed E-state index contributed by atoms with van der Waals surface area (Å²) in [6.45, 7) is 8.86. The van der Waals surface area contributed by atoms with E-state index < -0.39 is 0 Å². The number of halogens is 1. The van der Waals surface area contributed by atoms with E-state index in [9.17, 15) is 0 Å². The Kier molecular flexibility index (Phi) is 11.5. The van der Waals surface area contributed by atoms with E-state index in [1.807, 2.05) is 31.2 Å². The zero-order valence-corrected chi connectivity index (χ0v) is 19.1. The van der Waals surface area contributed by atoms with Crippen LogP contribution in [0.4, 0.5) is 0 Å². The molecule has 0 saturated carbocycles. The van der Waals surface area contributed by atoms with Crippen molar-refractivity contribution in [2.75, 3.05) is 53.5 Å². The highest BCUT2D eigenvalue weighted by molar-refractivity contribution is 14.0. The molecule has 2 N–H and O–H groups in total. The number of ether oxygens (including phenoxy) is 3. The second kappa shape index (κ2) is 13.0. The molecule has 2 rings (SSSR count). The second-order valence-corrected chi connectivity index (χ2v) is 6.46. The first-order chi connectivity index (χ1) is 12.6. The number of hydrogen-bond acceptors (Lipinski definition) is 5. The molecule has 1 aliphatic heterocycles. The van der Waals surface area contributed by atoms with Gasteiger partial charge >= 0.3 is 0 Å². The van der Waals surface area contributed by atoms with Crippen LogP contribution in [0, 0.1) is 0 Å². The Morgan fingerprint density at radius 3 is 2.85 bits per heavy atom. The van der Waals surface area contributed by atoms with Crippen molar-refractivity contribution in [1.82, 2.24) is 15.5 Å². The van der Waals surface area contributed by atoms with Crippen molar-refractivity contribution < 1.29 is 14.2 Å². The molecule has 0 amide bonds. The fraction of sp³-hybridized carbons (Fsp3) is 0.632. The van der Waals surface area contributed by atoms with Crippen molar-refractivity contribution in [3.63, 3.8) is 0 Å². The van der Waals surface area contributed by atoms with E-state index >= 15 is 0 Å². The minimum absolute atomic E-state index is 0. The summed E-state index contributed by atoms with van der Waals surface area (Å²) >= 11 is 0. The maximum absolute atomic E-state index is 5.92. The number of rotatable bonds is 8. The van der Waals surface area contributed by atoms with Crippen LogP contribution in [0.15, 0.2) is 29.3 Å². The Hall–Kier alpha value is -1.26. The number of nitrogens with one attached hydrogen (secondary N) is 2. The first-order valence-corrected chi connectivity index (χ1v) is 9.23. The number of morpholine rings is 1. The Bertz CT molecular complexity index is 574. The van der Waals surface area contributed by atoms with E-state index in [0.717, 1.165) is 50.2 Å². The Morgan fingerprint density at radius 2 is 2.15 bits per heavy atom. The number of guanidine groups is 1. The van der Waals surface area contributed by atoms with Crippen LogP contribution in [-0.4, -0.2) is 76.6 Å². The van der Waals surface area contributed by atoms with Crippen molar-refractivity contribution in [3.05, 3.63) is 24.3 Å². The molecule has 27 heavy (non-hydrogen) atoms. The van der Waals surface area contributed by atoms with Crippen molar-refractivity contribution >= 4 is 29.9 Å². The highest BCUT2D eigenvalue weighted by atomic mass is 127. The lowest BCUT2D eigenvalue weighted by molar-refractivity contribution is -0.0161. The van der Waals surface area contributed by atoms with Gasteiger partial charge in [0, 0.05) is 32.2 Å². The lowest BCUT2D eigenvalue weighted by atomic mass is 10.3. The average molecular weight is 492 g/mol. The predicted octanol–water partition coefficient (Wildman–Crippen LogP) is 1.97. The number of hydrogen-bond donors (Lipinski definition) is 2. The topological polar surface area (TPSA) is 67.4 Å². The summed E-state index contributed by atoms with van der Waals surface area (Å²) < 4.78 is 16.9. The van der Waals surface area contributed by atoms with Crippen LogP contribution < -0.4 is 20.1 Å². The van der Waals surface area contributed by atoms with Gasteiger partial charge in [-0.3, -0.25) is 0 Å². The summed E-state index contributed by atoms with van der Waals surface area (Å²) in [5.41, 5.74) is 0. The summed E-state index contributed by atoms with van der Waals surface area (Å²) in [6, 6.07) is 7.61. The van der Waals surface area contributed by atoms with E-state index in [4.69, 9.17) is 14.2 Å². The maximum Gasteiger partial charge on any atom is 0.191 e. The molecule has 1 saturated heterocycles. The summed E-state index contributed by atoms with van der Waals surface area (Å²) in [5, 5.41) is 6.63. The molecule has 1 aromatic rings. The molecular weight excluding hydrogens is 459 g/mol. The van der Waals surface area contributed by atoms with E-state index in [0.29, 0.717) is 6.54 Å². The molecule has 0 aromatic heterocycles. The van der Waals surface area contributed by atoms with Crippen LogP contribution >= 0.6 is 24.0 Å². The number of benzene rings is 1. The minimum atomic E-state index is -0.0466. The zero-order chi connectivity index (χ0) is 18.8. The maximum atomic E-state index is 5.92. The first-order valence-electron chi connectivity index (χ1n) is 9.23. The van der Waals surface area contributed by atoms with Crippen LogP contribution in [0.1, 0.15) is 13.8 Å². The first kappa shape index (κ1) is 23.8. The molecule has 2 atom stereocenters. The van der Waals surface area contributed by atoms with Crippen molar-refractivity contribution in [1.29, 1.82) is 0 Å². The zero-order valence-electron chi connectivity index (χ0n) is 16.7. The van der Waals surface area contributed by atoms with Crippen LogP contribution in [-0.2, 0) is 4.74 Å². The molecule has 154 valence electrons. The summed E-state index contributed by atoms with van der Waals surface area (Å²) in [5.74, 6) is 2.35.